The number of nitrogens with zero attached hydrogens (tertiary/aromatic N) is 3. The summed E-state index contributed by atoms with van der Waals surface area (Å²) in [6.45, 7) is 11.0. The van der Waals surface area contributed by atoms with Gasteiger partial charge < -0.3 is 63.4 Å². The monoisotopic (exact) mass is 1800 g/mol. The van der Waals surface area contributed by atoms with Crippen LogP contribution in [0.2, 0.25) is 25.1 Å². The van der Waals surface area contributed by atoms with Crippen molar-refractivity contribution in [1.82, 2.24) is 36.7 Å². The van der Waals surface area contributed by atoms with Crippen LogP contribution in [0.3, 0.4) is 0 Å². The highest BCUT2D eigenvalue weighted by molar-refractivity contribution is 6.37. The Morgan fingerprint density at radius 3 is 1.44 bits per heavy atom. The summed E-state index contributed by atoms with van der Waals surface area (Å²) < 4.78 is 46.8. The minimum Gasteiger partial charge on any atom is -0.500 e. The SMILES string of the molecule is CCOC(=O)C(=CNc1cc(C(=O)OC)ccc1Cl)C(=O)OCC.CCOC(=O)c1c[nH]c2c(Cl)ccc(C(=O)OC)c2c1=O.CCOC=C(C(=O)OCC)C(=O)OCC.COC(=O)c1ccc(Cl)c(N)c1.COC(=O)c1ccc(Cl)c([N+](=O)[O-])c1.NNC(=O)c1cnc2c(Cl)ccc3c2c1NNC3=O.NNC(=O)c1cnc2cccc3c2c1NNC3=O. The van der Waals surface area contributed by atoms with Crippen LogP contribution in [-0.2, 0) is 66.5 Å². The van der Waals surface area contributed by atoms with Crippen LogP contribution in [0, 0.1) is 10.1 Å². The molecule has 0 spiro atoms. The Morgan fingerprint density at radius 2 is 0.943 bits per heavy atom. The van der Waals surface area contributed by atoms with Crippen molar-refractivity contribution < 1.29 is 115 Å². The smallest absolute Gasteiger partial charge is 0.348 e. The van der Waals surface area contributed by atoms with Crippen LogP contribution < -0.4 is 60.7 Å². The maximum absolute atomic E-state index is 12.5. The molecule has 0 saturated heterocycles. The molecule has 11 rings (SSSR count). The van der Waals surface area contributed by atoms with Gasteiger partial charge in [-0.25, -0.2) is 54.8 Å². The van der Waals surface area contributed by atoms with E-state index in [4.69, 9.17) is 94.4 Å². The van der Waals surface area contributed by atoms with E-state index in [0.29, 0.717) is 77.9 Å². The number of hydrogen-bond acceptors (Lipinski definition) is 34. The number of H-pyrrole nitrogens is 1. The molecule has 4 amide bonds. The van der Waals surface area contributed by atoms with E-state index in [2.05, 4.69) is 70.4 Å². The fourth-order valence-electron chi connectivity index (χ4n) is 10.1. The number of carbonyl (C=O) groups excluding carboxylic acids is 13. The highest BCUT2D eigenvalue weighted by Crippen LogP contribution is 2.36. The fourth-order valence-corrected chi connectivity index (χ4v) is 11.0. The van der Waals surface area contributed by atoms with Gasteiger partial charge in [0.05, 0.1) is 182 Å². The van der Waals surface area contributed by atoms with E-state index in [-0.39, 0.29) is 121 Å². The second kappa shape index (κ2) is 48.7. The second-order valence-corrected chi connectivity index (χ2v) is 25.2. The van der Waals surface area contributed by atoms with Gasteiger partial charge in [-0.2, -0.15) is 0 Å². The highest BCUT2D eigenvalue weighted by atomic mass is 35.5. The summed E-state index contributed by atoms with van der Waals surface area (Å²) in [4.78, 5) is 183. The molecule has 2 aliphatic rings. The molecule has 40 nitrogen and oxygen atoms in total. The van der Waals surface area contributed by atoms with Crippen molar-refractivity contribution in [3.05, 3.63) is 235 Å². The lowest BCUT2D eigenvalue weighted by Crippen LogP contribution is -2.36. The summed E-state index contributed by atoms with van der Waals surface area (Å²) in [7, 11) is 4.96. The van der Waals surface area contributed by atoms with Crippen molar-refractivity contribution in [3.63, 3.8) is 0 Å². The predicted molar refractivity (Wildman–Crippen MR) is 448 cm³/mol. The number of aromatic amines is 1. The van der Waals surface area contributed by atoms with Gasteiger partial charge in [-0.05, 0) is 126 Å². The number of nitro groups is 1. The molecule has 2 aliphatic heterocycles. The number of rotatable bonds is 21. The number of benzene rings is 6. The van der Waals surface area contributed by atoms with Gasteiger partial charge in [-0.3, -0.25) is 76.6 Å². The number of aromatic nitrogens is 3. The number of amides is 4. The van der Waals surface area contributed by atoms with Crippen molar-refractivity contribution in [1.29, 1.82) is 0 Å². The molecule has 0 radical (unpaired) electrons. The number of nitrogens with one attached hydrogen (secondary N) is 8. The number of nitrogen functional groups attached to an aromatic ring is 3. The Labute approximate surface area is 721 Å². The maximum atomic E-state index is 12.5. The molecule has 0 aliphatic carbocycles. The highest BCUT2D eigenvalue weighted by Gasteiger charge is 2.29. The summed E-state index contributed by atoms with van der Waals surface area (Å²) in [6, 6.07) is 23.9. The van der Waals surface area contributed by atoms with Crippen LogP contribution in [0.5, 0.6) is 0 Å². The number of methoxy groups -OCH3 is 4. The maximum Gasteiger partial charge on any atom is 0.348 e. The lowest BCUT2D eigenvalue weighted by molar-refractivity contribution is -0.384. The van der Waals surface area contributed by atoms with Gasteiger partial charge in [0.15, 0.2) is 11.1 Å². The normalized spacial score (nSPS) is 10.6. The number of nitrogens with two attached hydrogens (primary N) is 3. The van der Waals surface area contributed by atoms with Crippen LogP contribution >= 0.6 is 58.0 Å². The van der Waals surface area contributed by atoms with Gasteiger partial charge in [0.25, 0.3) is 29.3 Å². The van der Waals surface area contributed by atoms with E-state index in [1.54, 1.807) is 84.0 Å². The third-order valence-electron chi connectivity index (χ3n) is 15.7. The molecule has 123 heavy (non-hydrogen) atoms. The number of esters is 9. The van der Waals surface area contributed by atoms with Gasteiger partial charge in [-0.15, -0.1) is 0 Å². The number of fused-ring (bicyclic) bond motifs is 1. The average molecular weight is 1800 g/mol. The molecule has 0 atom stereocenters. The zero-order chi connectivity index (χ0) is 91.5. The number of anilines is 4. The van der Waals surface area contributed by atoms with Crippen molar-refractivity contribution in [2.24, 2.45) is 11.7 Å². The Kier molecular flexibility index (Phi) is 39.3. The standard InChI is InChI=1S/C16H18ClNO6.C14H12ClNO5.C11H8ClN5O2.C11H9N5O2.C10H16O5.C8H6ClNO4.C8H8ClNO2/c1-4-23-15(20)11(16(21)24-5-2)9-18-13-8-10(14(19)22-3)6-7-12(13)17;1-3-21-14(19)8-6-16-11-9(15)5-4-7(13(18)20-2)10(11)12(8)17;12-6-2-1-4-7-8(16-17-11(4)19)5(10(18)15-13)3-14-9(6)7;12-14-10(17)6-4-13-7-3-1-2-5-8(7)9(6)15-16-11(5)18;1-4-13-7-8(9(11)14-5-2)10(12)15-6-3;1-14-8(11)5-2-3-6(9)7(4-5)10(12)13;1-12-8(11)5-2-3-6(9)7(10)4-5/h6-9,18H,4-5H2,1-3H3;4-6H,3H2,1-2H3,(H,16,17);1-3,16H,13H2,(H,15,18)(H,17,19);1-4,15H,12H2,(H,14,17)(H,16,18);7H,4-6H2,1-3H3;2-4H,1H3;2-4H,10H2,1H3. The molecule has 14 N–H and O–H groups in total. The van der Waals surface area contributed by atoms with Crippen LogP contribution in [-0.4, -0.2) is 165 Å². The summed E-state index contributed by atoms with van der Waals surface area (Å²) in [6.07, 6.45) is 6.16. The topological polar surface area (TPSA) is 578 Å². The van der Waals surface area contributed by atoms with Gasteiger partial charge in [0.2, 0.25) is 5.43 Å². The summed E-state index contributed by atoms with van der Waals surface area (Å²) >= 11 is 29.3. The van der Waals surface area contributed by atoms with E-state index >= 15 is 0 Å². The zero-order valence-corrected chi connectivity index (χ0v) is 70.2. The Bertz CT molecular complexity index is 5640. The quantitative estimate of drug-likeness (QED) is 0.00272. The molecule has 0 fully saturated rings. The van der Waals surface area contributed by atoms with Gasteiger partial charge in [0, 0.05) is 41.6 Å². The number of hydrogen-bond donors (Lipinski definition) is 11. The Hall–Kier alpha value is -14.3. The number of ether oxygens (including phenoxy) is 10. The van der Waals surface area contributed by atoms with Gasteiger partial charge in [-0.1, -0.05) is 64.1 Å². The number of pyridine rings is 3. The first-order valence-electron chi connectivity index (χ1n) is 35.5. The van der Waals surface area contributed by atoms with Crippen LogP contribution in [0.25, 0.3) is 32.7 Å². The molecule has 9 aromatic rings. The first-order valence-corrected chi connectivity index (χ1v) is 37.3. The lowest BCUT2D eigenvalue weighted by atomic mass is 10.0. The first-order chi connectivity index (χ1) is 58.7. The molecular formula is C78H77Cl5N14O26. The number of hydrazine groups is 4. The van der Waals surface area contributed by atoms with E-state index in [0.717, 1.165) is 18.5 Å². The van der Waals surface area contributed by atoms with Gasteiger partial charge in [0.1, 0.15) is 16.8 Å². The summed E-state index contributed by atoms with van der Waals surface area (Å²) in [5.41, 5.74) is 23.3. The molecule has 650 valence electrons. The minimum atomic E-state index is -0.830. The molecule has 5 heterocycles. The molecule has 3 aromatic heterocycles. The average Bonchev–Trinajstić information content (AvgIpc) is 0.694. The van der Waals surface area contributed by atoms with E-state index in [1.165, 1.54) is 95.6 Å². The van der Waals surface area contributed by atoms with E-state index in [9.17, 15) is 77.2 Å². The predicted octanol–water partition coefficient (Wildman–Crippen LogP) is 9.94. The van der Waals surface area contributed by atoms with E-state index < -0.39 is 75.9 Å². The van der Waals surface area contributed by atoms with Crippen molar-refractivity contribution in [2.75, 3.05) is 90.0 Å². The van der Waals surface area contributed by atoms with Crippen molar-refractivity contribution in [3.8, 4) is 0 Å². The lowest BCUT2D eigenvalue weighted by Gasteiger charge is -2.21. The number of nitro benzene ring substituents is 1. The third-order valence-corrected chi connectivity index (χ3v) is 17.3. The Balaban J connectivity index is 0.000000258. The van der Waals surface area contributed by atoms with Crippen LogP contribution in [0.15, 0.2) is 144 Å². The molecule has 0 bridgehead atoms. The molecule has 0 saturated carbocycles. The molecular weight excluding hydrogens is 1730 g/mol. The molecule has 45 heteroatoms. The fraction of sp³-hybridized carbons (Fsp3) is 0.205. The number of carbonyl (C=O) groups is 13. The van der Waals surface area contributed by atoms with Crippen molar-refractivity contribution in [2.45, 2.75) is 41.5 Å². The van der Waals surface area contributed by atoms with Crippen molar-refractivity contribution >= 4 is 197 Å². The first kappa shape index (κ1) is 99.3. The van der Waals surface area contributed by atoms with Crippen LogP contribution in [0.4, 0.5) is 28.4 Å². The Morgan fingerprint density at radius 1 is 0.480 bits per heavy atom. The van der Waals surface area contributed by atoms with E-state index in [1.807, 2.05) is 10.9 Å². The largest absolute Gasteiger partial charge is 0.500 e. The number of halogens is 5. The molecule has 6 aromatic carbocycles. The van der Waals surface area contributed by atoms with Crippen LogP contribution in [0.1, 0.15) is 135 Å². The molecule has 0 unspecified atom stereocenters. The zero-order valence-electron chi connectivity index (χ0n) is 66.4. The summed E-state index contributed by atoms with van der Waals surface area (Å²) in [5.74, 6) is 2.48. The third kappa shape index (κ3) is 26.4. The van der Waals surface area contributed by atoms with Gasteiger partial charge >= 0.3 is 53.7 Å². The summed E-state index contributed by atoms with van der Waals surface area (Å²) in [5, 5.41) is 15.6. The minimum absolute atomic E-state index is 0.0000898. The second-order valence-electron chi connectivity index (χ2n) is 23.2.